The molecule has 0 bridgehead atoms. The van der Waals surface area contributed by atoms with Gasteiger partial charge in [-0.3, -0.25) is 4.79 Å². The number of hydrogen-bond acceptors (Lipinski definition) is 8. The SMILES string of the molecule is COc1cc2c(cc1-c1c(C)noc1C)[nH]c1nc(C)nc(NC(CC(=O)N3CCN(C)CC3)c3cccc(Cl)c3)c12. The number of likely N-dealkylation sites (N-methyl/N-ethyl adjacent to an activating group) is 1. The molecule has 11 heteroatoms. The number of amides is 1. The zero-order valence-electron chi connectivity index (χ0n) is 24.4. The lowest BCUT2D eigenvalue weighted by atomic mass is 10.0. The number of piperazine rings is 1. The van der Waals surface area contributed by atoms with Crippen molar-refractivity contribution in [1.82, 2.24) is 29.9 Å². The molecule has 0 aliphatic carbocycles. The number of aromatic nitrogens is 4. The van der Waals surface area contributed by atoms with E-state index in [-0.39, 0.29) is 18.4 Å². The maximum absolute atomic E-state index is 13.5. The fourth-order valence-corrected chi connectivity index (χ4v) is 5.97. The molecule has 1 unspecified atom stereocenters. The Kier molecular flexibility index (Phi) is 7.51. The lowest BCUT2D eigenvalue weighted by Crippen LogP contribution is -2.47. The Morgan fingerprint density at radius 2 is 1.93 bits per heavy atom. The van der Waals surface area contributed by atoms with Gasteiger partial charge in [-0.15, -0.1) is 0 Å². The van der Waals surface area contributed by atoms with E-state index in [0.29, 0.717) is 46.9 Å². The van der Waals surface area contributed by atoms with E-state index < -0.39 is 0 Å². The van der Waals surface area contributed by atoms with Crippen LogP contribution in [0.25, 0.3) is 33.1 Å². The molecule has 3 aromatic heterocycles. The standard InChI is InChI=1S/C31H34ClN7O3/c1-17-28(18(2)42-37-17)23-14-25-22(15-26(23)41-5)29-30(33-19(3)34-31(29)36-25)35-24(20-7-6-8-21(32)13-20)16-27(40)39-11-9-38(4)10-12-39/h6-8,13-15,24H,9-12,16H2,1-5H3,(H2,33,34,35,36). The van der Waals surface area contributed by atoms with Crippen LogP contribution >= 0.6 is 11.6 Å². The lowest BCUT2D eigenvalue weighted by molar-refractivity contribution is -0.133. The van der Waals surface area contributed by atoms with Crippen molar-refractivity contribution in [2.45, 2.75) is 33.2 Å². The average Bonchev–Trinajstić information content (AvgIpc) is 3.49. The summed E-state index contributed by atoms with van der Waals surface area (Å²) >= 11 is 6.40. The van der Waals surface area contributed by atoms with Crippen LogP contribution in [0.15, 0.2) is 40.9 Å². The number of fused-ring (bicyclic) bond motifs is 3. The van der Waals surface area contributed by atoms with E-state index in [1.165, 1.54) is 0 Å². The molecule has 1 aliphatic rings. The van der Waals surface area contributed by atoms with Crippen LogP contribution in [0.5, 0.6) is 5.75 Å². The van der Waals surface area contributed by atoms with Gasteiger partial charge in [-0.2, -0.15) is 0 Å². The lowest BCUT2D eigenvalue weighted by Gasteiger charge is -2.33. The number of methoxy groups -OCH3 is 1. The van der Waals surface area contributed by atoms with Crippen molar-refractivity contribution >= 4 is 45.3 Å². The van der Waals surface area contributed by atoms with Gasteiger partial charge in [0.1, 0.15) is 28.8 Å². The van der Waals surface area contributed by atoms with E-state index in [1.54, 1.807) is 7.11 Å². The van der Waals surface area contributed by atoms with Crippen LogP contribution in [0, 0.1) is 20.8 Å². The summed E-state index contributed by atoms with van der Waals surface area (Å²) in [5.74, 6) is 2.72. The quantitative estimate of drug-likeness (QED) is 0.250. The number of ether oxygens (including phenoxy) is 1. The molecule has 10 nitrogen and oxygen atoms in total. The number of carbonyl (C=O) groups excluding carboxylic acids is 1. The first kappa shape index (κ1) is 28.0. The molecule has 0 radical (unpaired) electrons. The minimum absolute atomic E-state index is 0.0901. The molecule has 0 saturated carbocycles. The van der Waals surface area contributed by atoms with Crippen LogP contribution in [0.2, 0.25) is 5.02 Å². The average molecular weight is 588 g/mol. The van der Waals surface area contributed by atoms with Gasteiger partial charge in [-0.1, -0.05) is 28.9 Å². The first-order chi connectivity index (χ1) is 20.2. The van der Waals surface area contributed by atoms with Crippen molar-refractivity contribution in [1.29, 1.82) is 0 Å². The Bertz CT molecular complexity index is 1770. The largest absolute Gasteiger partial charge is 0.496 e. The third kappa shape index (κ3) is 5.28. The molecule has 1 aliphatic heterocycles. The predicted molar refractivity (Wildman–Crippen MR) is 164 cm³/mol. The zero-order chi connectivity index (χ0) is 29.5. The van der Waals surface area contributed by atoms with Crippen molar-refractivity contribution in [2.24, 2.45) is 0 Å². The molecular formula is C31H34ClN7O3. The number of anilines is 1. The number of rotatable bonds is 7. The number of carbonyl (C=O) groups is 1. The highest BCUT2D eigenvalue weighted by atomic mass is 35.5. The van der Waals surface area contributed by atoms with Gasteiger partial charge in [0.25, 0.3) is 0 Å². The van der Waals surface area contributed by atoms with Gasteiger partial charge < -0.3 is 29.4 Å². The van der Waals surface area contributed by atoms with Crippen molar-refractivity contribution < 1.29 is 14.1 Å². The number of halogens is 1. The molecule has 0 spiro atoms. The second-order valence-corrected chi connectivity index (χ2v) is 11.3. The number of H-pyrrole nitrogens is 1. The van der Waals surface area contributed by atoms with Crippen LogP contribution in [-0.4, -0.2) is 76.2 Å². The van der Waals surface area contributed by atoms with Gasteiger partial charge in [0, 0.05) is 47.7 Å². The van der Waals surface area contributed by atoms with Crippen molar-refractivity contribution in [2.75, 3.05) is 45.7 Å². The van der Waals surface area contributed by atoms with Gasteiger partial charge in [-0.05, 0) is 57.6 Å². The molecule has 42 heavy (non-hydrogen) atoms. The highest BCUT2D eigenvalue weighted by Gasteiger charge is 2.26. The number of benzene rings is 2. The molecular weight excluding hydrogens is 554 g/mol. The molecule has 1 fully saturated rings. The first-order valence-corrected chi connectivity index (χ1v) is 14.4. The summed E-state index contributed by atoms with van der Waals surface area (Å²) in [6.07, 6.45) is 0.260. The minimum atomic E-state index is -0.359. The normalized spacial score (nSPS) is 15.0. The molecule has 1 saturated heterocycles. The van der Waals surface area contributed by atoms with Gasteiger partial charge in [0.2, 0.25) is 5.91 Å². The molecule has 6 rings (SSSR count). The van der Waals surface area contributed by atoms with Crippen molar-refractivity contribution in [3.63, 3.8) is 0 Å². The molecule has 1 amide bonds. The van der Waals surface area contributed by atoms with Crippen LogP contribution in [0.3, 0.4) is 0 Å². The summed E-state index contributed by atoms with van der Waals surface area (Å²) in [5, 5.41) is 10.1. The Balaban J connectivity index is 1.44. The van der Waals surface area contributed by atoms with Crippen molar-refractivity contribution in [3.05, 3.63) is 64.3 Å². The van der Waals surface area contributed by atoms with Gasteiger partial charge >= 0.3 is 0 Å². The number of aryl methyl sites for hydroxylation is 3. The highest BCUT2D eigenvalue weighted by Crippen LogP contribution is 2.41. The molecule has 1 atom stereocenters. The molecule has 4 heterocycles. The third-order valence-corrected chi connectivity index (χ3v) is 8.22. The number of nitrogens with one attached hydrogen (secondary N) is 2. The summed E-state index contributed by atoms with van der Waals surface area (Å²) in [6.45, 7) is 8.81. The fraction of sp³-hybridized carbons (Fsp3) is 0.355. The van der Waals surface area contributed by atoms with E-state index in [0.717, 1.165) is 51.8 Å². The van der Waals surface area contributed by atoms with E-state index in [2.05, 4.69) is 27.4 Å². The van der Waals surface area contributed by atoms with Crippen LogP contribution < -0.4 is 10.1 Å². The first-order valence-electron chi connectivity index (χ1n) is 14.0. The second-order valence-electron chi connectivity index (χ2n) is 10.9. The van der Waals surface area contributed by atoms with E-state index >= 15 is 0 Å². The van der Waals surface area contributed by atoms with E-state index in [1.807, 2.05) is 62.1 Å². The zero-order valence-corrected chi connectivity index (χ0v) is 25.2. The second kappa shape index (κ2) is 11.3. The Labute approximate surface area is 249 Å². The number of hydrogen-bond donors (Lipinski definition) is 2. The predicted octanol–water partition coefficient (Wildman–Crippen LogP) is 5.67. The summed E-state index contributed by atoms with van der Waals surface area (Å²) in [7, 11) is 3.73. The topological polar surface area (TPSA) is 112 Å². The minimum Gasteiger partial charge on any atom is -0.496 e. The summed E-state index contributed by atoms with van der Waals surface area (Å²) < 4.78 is 11.3. The summed E-state index contributed by atoms with van der Waals surface area (Å²) in [5.41, 5.74) is 5.03. The maximum Gasteiger partial charge on any atom is 0.225 e. The van der Waals surface area contributed by atoms with E-state index in [9.17, 15) is 4.79 Å². The Morgan fingerprint density at radius 1 is 1.14 bits per heavy atom. The molecule has 2 aromatic carbocycles. The van der Waals surface area contributed by atoms with Gasteiger partial charge in [0.15, 0.2) is 0 Å². The highest BCUT2D eigenvalue weighted by molar-refractivity contribution is 6.30. The third-order valence-electron chi connectivity index (χ3n) is 7.98. The van der Waals surface area contributed by atoms with Crippen LogP contribution in [0.4, 0.5) is 5.82 Å². The molecule has 2 N–H and O–H groups in total. The van der Waals surface area contributed by atoms with Crippen LogP contribution in [-0.2, 0) is 4.79 Å². The van der Waals surface area contributed by atoms with Crippen molar-refractivity contribution in [3.8, 4) is 16.9 Å². The fourth-order valence-electron chi connectivity index (χ4n) is 5.77. The molecule has 5 aromatic rings. The molecule has 218 valence electrons. The Hall–Kier alpha value is -4.15. The summed E-state index contributed by atoms with van der Waals surface area (Å²) in [4.78, 5) is 30.7. The number of aromatic amines is 1. The Morgan fingerprint density at radius 3 is 2.62 bits per heavy atom. The monoisotopic (exact) mass is 587 g/mol. The number of nitrogens with zero attached hydrogens (tertiary/aromatic N) is 5. The smallest absolute Gasteiger partial charge is 0.225 e. The van der Waals surface area contributed by atoms with Gasteiger partial charge in [-0.25, -0.2) is 9.97 Å². The maximum atomic E-state index is 13.5. The van der Waals surface area contributed by atoms with E-state index in [4.69, 9.17) is 30.8 Å². The van der Waals surface area contributed by atoms with Crippen LogP contribution in [0.1, 0.15) is 35.3 Å². The summed E-state index contributed by atoms with van der Waals surface area (Å²) in [6, 6.07) is 11.3. The van der Waals surface area contributed by atoms with Gasteiger partial charge in [0.05, 0.1) is 36.2 Å².